The fraction of sp³-hybridized carbons (Fsp3) is 0.200. The zero-order valence-electron chi connectivity index (χ0n) is 15.3. The first-order chi connectivity index (χ1) is 13.5. The number of nitrogens with zero attached hydrogens (tertiary/aromatic N) is 2. The summed E-state index contributed by atoms with van der Waals surface area (Å²) in [6.45, 7) is 2.11. The molecule has 3 rings (SSSR count). The van der Waals surface area contributed by atoms with Gasteiger partial charge in [0.15, 0.2) is 5.13 Å². The quantitative estimate of drug-likeness (QED) is 0.674. The molecule has 8 heteroatoms. The average molecular weight is 414 g/mol. The smallest absolute Gasteiger partial charge is 0.293 e. The maximum absolute atomic E-state index is 12.5. The molecule has 6 nitrogen and oxygen atoms in total. The van der Waals surface area contributed by atoms with Gasteiger partial charge in [-0.15, -0.1) is 11.3 Å². The van der Waals surface area contributed by atoms with E-state index in [9.17, 15) is 14.4 Å². The number of carbonyl (C=O) groups excluding carboxylic acids is 3. The van der Waals surface area contributed by atoms with Crippen LogP contribution in [0.5, 0.6) is 0 Å². The lowest BCUT2D eigenvalue weighted by molar-refractivity contribution is -0.123. The number of hydrogen-bond acceptors (Lipinski definition) is 6. The minimum absolute atomic E-state index is 0.181. The number of nitrogens with one attached hydrogen (secondary N) is 1. The van der Waals surface area contributed by atoms with E-state index in [1.807, 2.05) is 43.3 Å². The molecular weight excluding hydrogens is 394 g/mol. The number of hydrogen-bond donors (Lipinski definition) is 1. The Hall–Kier alpha value is -2.71. The number of thioether (sulfide) groups is 1. The van der Waals surface area contributed by atoms with Gasteiger partial charge in [0.2, 0.25) is 5.91 Å². The predicted molar refractivity (Wildman–Crippen MR) is 113 cm³/mol. The monoisotopic (exact) mass is 413 g/mol. The van der Waals surface area contributed by atoms with Crippen LogP contribution in [0.25, 0.3) is 6.08 Å². The third-order valence-electron chi connectivity index (χ3n) is 3.89. The number of benzene rings is 1. The summed E-state index contributed by atoms with van der Waals surface area (Å²) in [5, 5.41) is 4.70. The topological polar surface area (TPSA) is 79.4 Å². The summed E-state index contributed by atoms with van der Waals surface area (Å²) < 4.78 is 0. The van der Waals surface area contributed by atoms with E-state index < -0.39 is 0 Å². The number of rotatable bonds is 7. The molecule has 28 heavy (non-hydrogen) atoms. The minimum atomic E-state index is -0.309. The number of aromatic nitrogens is 1. The Kier molecular flexibility index (Phi) is 6.78. The first-order valence-corrected chi connectivity index (χ1v) is 10.4. The van der Waals surface area contributed by atoms with Crippen molar-refractivity contribution in [2.75, 3.05) is 11.9 Å². The molecule has 144 valence electrons. The SMILES string of the molecule is CC(/C=C1\SC(=O)N(CCCC(=O)Nc2nccs2)C1=O)=C\c1ccccc1. The molecule has 1 aliphatic heterocycles. The van der Waals surface area contributed by atoms with Crippen LogP contribution >= 0.6 is 23.1 Å². The van der Waals surface area contributed by atoms with E-state index in [-0.39, 0.29) is 30.0 Å². The van der Waals surface area contributed by atoms with Crippen molar-refractivity contribution in [1.82, 2.24) is 9.88 Å². The Morgan fingerprint density at radius 1 is 1.25 bits per heavy atom. The molecule has 0 bridgehead atoms. The predicted octanol–water partition coefficient (Wildman–Crippen LogP) is 4.54. The number of carbonyl (C=O) groups is 3. The van der Waals surface area contributed by atoms with E-state index >= 15 is 0 Å². The largest absolute Gasteiger partial charge is 0.302 e. The van der Waals surface area contributed by atoms with E-state index in [0.717, 1.165) is 22.9 Å². The zero-order valence-corrected chi connectivity index (χ0v) is 16.9. The Morgan fingerprint density at radius 3 is 2.75 bits per heavy atom. The number of anilines is 1. The molecule has 2 heterocycles. The summed E-state index contributed by atoms with van der Waals surface area (Å²) in [4.78, 5) is 42.1. The van der Waals surface area contributed by atoms with Gasteiger partial charge in [0, 0.05) is 24.5 Å². The molecule has 0 aliphatic carbocycles. The Morgan fingerprint density at radius 2 is 2.04 bits per heavy atom. The number of thiazole rings is 1. The lowest BCUT2D eigenvalue weighted by Crippen LogP contribution is -2.29. The molecule has 1 N–H and O–H groups in total. The average Bonchev–Trinajstić information content (AvgIpc) is 3.26. The Bertz CT molecular complexity index is 921. The van der Waals surface area contributed by atoms with Crippen LogP contribution in [0.3, 0.4) is 0 Å². The molecule has 0 atom stereocenters. The Balaban J connectivity index is 1.54. The van der Waals surface area contributed by atoms with Crippen LogP contribution in [0.1, 0.15) is 25.3 Å². The van der Waals surface area contributed by atoms with E-state index in [4.69, 9.17) is 0 Å². The van der Waals surface area contributed by atoms with Gasteiger partial charge >= 0.3 is 0 Å². The highest BCUT2D eigenvalue weighted by atomic mass is 32.2. The fourth-order valence-electron chi connectivity index (χ4n) is 2.62. The van der Waals surface area contributed by atoms with E-state index in [2.05, 4.69) is 10.3 Å². The van der Waals surface area contributed by atoms with Crippen molar-refractivity contribution in [3.8, 4) is 0 Å². The molecule has 1 aromatic heterocycles. The van der Waals surface area contributed by atoms with Crippen LogP contribution in [0, 0.1) is 0 Å². The van der Waals surface area contributed by atoms with Crippen LogP contribution in [-0.2, 0) is 9.59 Å². The maximum Gasteiger partial charge on any atom is 0.293 e. The van der Waals surface area contributed by atoms with Gasteiger partial charge < -0.3 is 5.32 Å². The molecule has 1 saturated heterocycles. The molecule has 1 fully saturated rings. The summed E-state index contributed by atoms with van der Waals surface area (Å²) in [5.41, 5.74) is 1.92. The lowest BCUT2D eigenvalue weighted by atomic mass is 10.1. The van der Waals surface area contributed by atoms with Gasteiger partial charge in [-0.2, -0.15) is 0 Å². The van der Waals surface area contributed by atoms with E-state index in [1.165, 1.54) is 16.2 Å². The van der Waals surface area contributed by atoms with Crippen LogP contribution in [0.4, 0.5) is 9.93 Å². The highest BCUT2D eigenvalue weighted by Gasteiger charge is 2.34. The van der Waals surface area contributed by atoms with E-state index in [0.29, 0.717) is 16.5 Å². The highest BCUT2D eigenvalue weighted by Crippen LogP contribution is 2.32. The normalized spacial score (nSPS) is 16.1. The minimum Gasteiger partial charge on any atom is -0.302 e. The fourth-order valence-corrected chi connectivity index (χ4v) is 4.08. The lowest BCUT2D eigenvalue weighted by Gasteiger charge is -2.11. The summed E-state index contributed by atoms with van der Waals surface area (Å²) in [7, 11) is 0. The van der Waals surface area contributed by atoms with Crippen LogP contribution in [-0.4, -0.2) is 33.5 Å². The van der Waals surface area contributed by atoms with Crippen molar-refractivity contribution in [3.63, 3.8) is 0 Å². The number of imide groups is 1. The molecule has 1 aromatic carbocycles. The second-order valence-corrected chi connectivity index (χ2v) is 8.01. The molecule has 0 unspecified atom stereocenters. The van der Waals surface area contributed by atoms with Gasteiger partial charge in [-0.05, 0) is 42.3 Å². The standard InChI is InChI=1S/C20H19N3O3S2/c1-14(12-15-6-3-2-4-7-15)13-16-18(25)23(20(26)28-16)10-5-8-17(24)22-19-21-9-11-27-19/h2-4,6-7,9,11-13H,5,8,10H2,1H3,(H,21,22,24)/b14-12+,16-13-. The van der Waals surface area contributed by atoms with Gasteiger partial charge in [-0.1, -0.05) is 36.4 Å². The van der Waals surface area contributed by atoms with Crippen LogP contribution in [0.15, 0.2) is 58.5 Å². The first-order valence-electron chi connectivity index (χ1n) is 8.71. The summed E-state index contributed by atoms with van der Waals surface area (Å²) in [6, 6.07) is 9.77. The van der Waals surface area contributed by atoms with Crippen molar-refractivity contribution < 1.29 is 14.4 Å². The maximum atomic E-state index is 12.5. The Labute approximate surface area is 171 Å². The van der Waals surface area contributed by atoms with Crippen LogP contribution in [0.2, 0.25) is 0 Å². The zero-order chi connectivity index (χ0) is 19.9. The van der Waals surface area contributed by atoms with E-state index in [1.54, 1.807) is 17.7 Å². The third-order valence-corrected chi connectivity index (χ3v) is 5.49. The highest BCUT2D eigenvalue weighted by molar-refractivity contribution is 8.18. The molecule has 3 amide bonds. The molecular formula is C20H19N3O3S2. The number of amides is 3. The van der Waals surface area contributed by atoms with Crippen LogP contribution < -0.4 is 5.32 Å². The van der Waals surface area contributed by atoms with Gasteiger partial charge in [0.1, 0.15) is 0 Å². The van der Waals surface area contributed by atoms with Gasteiger partial charge in [0.05, 0.1) is 4.91 Å². The molecule has 0 saturated carbocycles. The van der Waals surface area contributed by atoms with Crippen molar-refractivity contribution in [2.45, 2.75) is 19.8 Å². The van der Waals surface area contributed by atoms with Crippen molar-refractivity contribution in [1.29, 1.82) is 0 Å². The van der Waals surface area contributed by atoms with Gasteiger partial charge in [-0.25, -0.2) is 4.98 Å². The van der Waals surface area contributed by atoms with Crippen molar-refractivity contribution in [3.05, 3.63) is 64.0 Å². The second kappa shape index (κ2) is 9.48. The summed E-state index contributed by atoms with van der Waals surface area (Å²) in [5.74, 6) is -0.491. The summed E-state index contributed by atoms with van der Waals surface area (Å²) in [6.07, 6.45) is 5.92. The van der Waals surface area contributed by atoms with Crippen molar-refractivity contribution in [2.24, 2.45) is 0 Å². The first kappa shape index (κ1) is 20.0. The van der Waals surface area contributed by atoms with Crippen molar-refractivity contribution >= 4 is 51.4 Å². The van der Waals surface area contributed by atoms with Gasteiger partial charge in [-0.3, -0.25) is 19.3 Å². The molecule has 2 aromatic rings. The molecule has 1 aliphatic rings. The molecule has 0 spiro atoms. The molecule has 0 radical (unpaired) electrons. The second-order valence-electron chi connectivity index (χ2n) is 6.12. The summed E-state index contributed by atoms with van der Waals surface area (Å²) >= 11 is 2.27. The number of allylic oxidation sites excluding steroid dienone is 2. The van der Waals surface area contributed by atoms with Gasteiger partial charge in [0.25, 0.3) is 11.1 Å². The third kappa shape index (κ3) is 5.40.